The summed E-state index contributed by atoms with van der Waals surface area (Å²) in [5, 5.41) is 0.132. The molecule has 0 aromatic heterocycles. The molecule has 166 valence electrons. The van der Waals surface area contributed by atoms with Gasteiger partial charge in [0.2, 0.25) is 0 Å². The number of hydrogen-bond donors (Lipinski definition) is 0. The van der Waals surface area contributed by atoms with Gasteiger partial charge in [-0.25, -0.2) is 0 Å². The molecular weight excluding hydrogens is 376 g/mol. The molecule has 0 aliphatic heterocycles. The maximum Gasteiger partial charge on any atom is 0.192 e. The fourth-order valence-corrected chi connectivity index (χ4v) is 4.87. The molecule has 0 bridgehead atoms. The van der Waals surface area contributed by atoms with Gasteiger partial charge in [0.1, 0.15) is 13.1 Å². The summed E-state index contributed by atoms with van der Waals surface area (Å²) in [5.41, 5.74) is 0. The van der Waals surface area contributed by atoms with E-state index < -0.39 is 8.32 Å². The van der Waals surface area contributed by atoms with Crippen LogP contribution in [0.3, 0.4) is 0 Å². The first kappa shape index (κ1) is 25.7. The van der Waals surface area contributed by atoms with Crippen LogP contribution in [-0.2, 0) is 28.2 Å². The van der Waals surface area contributed by atoms with Gasteiger partial charge in [-0.15, -0.1) is 0 Å². The average Bonchev–Trinajstić information content (AvgIpc) is 3.03. The average molecular weight is 419 g/mol. The molecule has 7 heteroatoms. The van der Waals surface area contributed by atoms with Crippen LogP contribution in [-0.4, -0.2) is 67.6 Å². The molecule has 0 N–H and O–H groups in total. The highest BCUT2D eigenvalue weighted by molar-refractivity contribution is 6.74. The first-order valence-corrected chi connectivity index (χ1v) is 13.4. The van der Waals surface area contributed by atoms with Gasteiger partial charge < -0.3 is 28.2 Å². The van der Waals surface area contributed by atoms with Crippen molar-refractivity contribution in [1.82, 2.24) is 0 Å². The molecule has 0 heterocycles. The predicted molar refractivity (Wildman–Crippen MR) is 113 cm³/mol. The Hall–Kier alpha value is -0.313. The van der Waals surface area contributed by atoms with E-state index in [2.05, 4.69) is 33.9 Å². The van der Waals surface area contributed by atoms with Gasteiger partial charge >= 0.3 is 0 Å². The molecule has 0 spiro atoms. The van der Waals surface area contributed by atoms with E-state index in [1.165, 1.54) is 0 Å². The van der Waals surface area contributed by atoms with Crippen LogP contribution in [0.25, 0.3) is 0 Å². The SMILES string of the molecule is COCCC[C@@H](O[Si](C)(C)C(C)(C)C)[C@@H]1C[C@@H](OCOCCOC)C[C@@H]1C=O. The zero-order valence-electron chi connectivity index (χ0n) is 19.0. The van der Waals surface area contributed by atoms with E-state index >= 15 is 0 Å². The monoisotopic (exact) mass is 418 g/mol. The molecule has 6 nitrogen and oxygen atoms in total. The minimum absolute atomic E-state index is 0.0266. The molecule has 4 atom stereocenters. The van der Waals surface area contributed by atoms with Crippen LogP contribution in [0.15, 0.2) is 0 Å². The fourth-order valence-electron chi connectivity index (χ4n) is 3.46. The topological polar surface area (TPSA) is 63.2 Å². The molecule has 1 fully saturated rings. The molecule has 1 aliphatic rings. The molecule has 0 aromatic rings. The summed E-state index contributed by atoms with van der Waals surface area (Å²) in [6, 6.07) is 0. The smallest absolute Gasteiger partial charge is 0.192 e. The van der Waals surface area contributed by atoms with E-state index in [0.29, 0.717) is 19.8 Å². The number of rotatable bonds is 14. The molecule has 1 rings (SSSR count). The molecule has 28 heavy (non-hydrogen) atoms. The Morgan fingerprint density at radius 3 is 2.32 bits per heavy atom. The molecule has 0 radical (unpaired) electrons. The zero-order chi connectivity index (χ0) is 21.2. The van der Waals surface area contributed by atoms with Gasteiger partial charge in [0.15, 0.2) is 8.32 Å². The summed E-state index contributed by atoms with van der Waals surface area (Å²) in [5.74, 6) is 0.161. The molecular formula is C21H42O6Si. The van der Waals surface area contributed by atoms with Crippen LogP contribution in [0, 0.1) is 11.8 Å². The summed E-state index contributed by atoms with van der Waals surface area (Å²) in [6.45, 7) is 13.3. The predicted octanol–water partition coefficient (Wildman–Crippen LogP) is 4.03. The van der Waals surface area contributed by atoms with Crippen LogP contribution < -0.4 is 0 Å². The van der Waals surface area contributed by atoms with E-state index in [4.69, 9.17) is 23.4 Å². The molecule has 1 aliphatic carbocycles. The van der Waals surface area contributed by atoms with Gasteiger partial charge in [-0.05, 0) is 49.7 Å². The van der Waals surface area contributed by atoms with E-state index in [0.717, 1.165) is 32.0 Å². The van der Waals surface area contributed by atoms with Gasteiger partial charge in [-0.1, -0.05) is 20.8 Å². The molecule has 0 saturated heterocycles. The first-order valence-electron chi connectivity index (χ1n) is 10.5. The summed E-state index contributed by atoms with van der Waals surface area (Å²) >= 11 is 0. The Morgan fingerprint density at radius 2 is 1.75 bits per heavy atom. The van der Waals surface area contributed by atoms with Crippen molar-refractivity contribution in [3.05, 3.63) is 0 Å². The second-order valence-electron chi connectivity index (χ2n) is 9.29. The van der Waals surface area contributed by atoms with Crippen molar-refractivity contribution in [2.45, 2.75) is 76.8 Å². The van der Waals surface area contributed by atoms with Crippen molar-refractivity contribution in [3.63, 3.8) is 0 Å². The van der Waals surface area contributed by atoms with Crippen LogP contribution >= 0.6 is 0 Å². The standard InChI is InChI=1S/C21H42O6Si/c1-21(2,3)28(6,7)27-20(9-8-10-23-4)19-14-18(13-17(19)15-22)26-16-25-12-11-24-5/h15,17-20H,8-14,16H2,1-7H3/t17-,18+,19-,20-/m1/s1. The van der Waals surface area contributed by atoms with Gasteiger partial charge in [-0.3, -0.25) is 0 Å². The quantitative estimate of drug-likeness (QED) is 0.184. The fraction of sp³-hybridized carbons (Fsp3) is 0.952. The Morgan fingerprint density at radius 1 is 1.07 bits per heavy atom. The number of hydrogen-bond acceptors (Lipinski definition) is 6. The molecule has 0 aromatic carbocycles. The zero-order valence-corrected chi connectivity index (χ0v) is 20.0. The number of methoxy groups -OCH3 is 2. The number of ether oxygens (including phenoxy) is 4. The van der Waals surface area contributed by atoms with Crippen molar-refractivity contribution in [2.75, 3.05) is 40.8 Å². The van der Waals surface area contributed by atoms with E-state index in [-0.39, 0.29) is 35.9 Å². The number of aldehydes is 1. The molecule has 1 saturated carbocycles. The summed E-state index contributed by atoms with van der Waals surface area (Å²) < 4.78 is 28.3. The maximum atomic E-state index is 11.8. The molecule has 0 amide bonds. The van der Waals surface area contributed by atoms with Crippen molar-refractivity contribution in [2.24, 2.45) is 11.8 Å². The third-order valence-electron chi connectivity index (χ3n) is 6.18. The molecule has 0 unspecified atom stereocenters. The van der Waals surface area contributed by atoms with Crippen LogP contribution in [0.1, 0.15) is 46.5 Å². The van der Waals surface area contributed by atoms with Gasteiger partial charge in [-0.2, -0.15) is 0 Å². The lowest BCUT2D eigenvalue weighted by molar-refractivity contribution is -0.114. The maximum absolute atomic E-state index is 11.8. The lowest BCUT2D eigenvalue weighted by atomic mass is 9.89. The van der Waals surface area contributed by atoms with E-state index in [9.17, 15) is 4.79 Å². The van der Waals surface area contributed by atoms with Crippen LogP contribution in [0.5, 0.6) is 0 Å². The van der Waals surface area contributed by atoms with Crippen molar-refractivity contribution in [1.29, 1.82) is 0 Å². The van der Waals surface area contributed by atoms with Gasteiger partial charge in [0.05, 0.1) is 19.3 Å². The normalized spacial score (nSPS) is 24.5. The van der Waals surface area contributed by atoms with E-state index in [1.54, 1.807) is 14.2 Å². The minimum Gasteiger partial charge on any atom is -0.414 e. The second kappa shape index (κ2) is 12.4. The summed E-state index contributed by atoms with van der Waals surface area (Å²) in [7, 11) is 1.43. The third kappa shape index (κ3) is 8.20. The first-order chi connectivity index (χ1) is 13.2. The Kier molecular flexibility index (Phi) is 11.4. The lowest BCUT2D eigenvalue weighted by Gasteiger charge is -2.41. The minimum atomic E-state index is -1.94. The highest BCUT2D eigenvalue weighted by Crippen LogP contribution is 2.43. The summed E-state index contributed by atoms with van der Waals surface area (Å²) in [6.07, 6.45) is 4.62. The van der Waals surface area contributed by atoms with Gasteiger partial charge in [0.25, 0.3) is 0 Å². The number of carbonyl (C=O) groups is 1. The largest absolute Gasteiger partial charge is 0.414 e. The number of carbonyl (C=O) groups excluding carboxylic acids is 1. The van der Waals surface area contributed by atoms with Crippen molar-refractivity contribution >= 4 is 14.6 Å². The highest BCUT2D eigenvalue weighted by atomic mass is 28.4. The van der Waals surface area contributed by atoms with Crippen LogP contribution in [0.2, 0.25) is 18.1 Å². The lowest BCUT2D eigenvalue weighted by Crippen LogP contribution is -2.46. The highest BCUT2D eigenvalue weighted by Gasteiger charge is 2.45. The second-order valence-corrected chi connectivity index (χ2v) is 14.1. The van der Waals surface area contributed by atoms with E-state index in [1.807, 2.05) is 0 Å². The van der Waals surface area contributed by atoms with Gasteiger partial charge in [0, 0.05) is 32.8 Å². The Labute approximate surface area is 172 Å². The Bertz CT molecular complexity index is 437. The van der Waals surface area contributed by atoms with Crippen molar-refractivity contribution < 1.29 is 28.2 Å². The Balaban J connectivity index is 2.75. The summed E-state index contributed by atoms with van der Waals surface area (Å²) in [4.78, 5) is 11.8. The third-order valence-corrected chi connectivity index (χ3v) is 10.7. The van der Waals surface area contributed by atoms with Crippen molar-refractivity contribution in [3.8, 4) is 0 Å². The van der Waals surface area contributed by atoms with Crippen LogP contribution in [0.4, 0.5) is 0 Å².